The first-order valence-electron chi connectivity index (χ1n) is 6.07. The predicted octanol–water partition coefficient (Wildman–Crippen LogP) is 4.14. The topological polar surface area (TPSA) is 33.0 Å². The van der Waals surface area contributed by atoms with Crippen LogP contribution < -0.4 is 4.74 Å². The first-order valence-corrected chi connectivity index (χ1v) is 6.45. The fourth-order valence-electron chi connectivity index (χ4n) is 1.80. The van der Waals surface area contributed by atoms with Crippen molar-refractivity contribution in [2.45, 2.75) is 13.3 Å². The van der Waals surface area contributed by atoms with Crippen molar-refractivity contribution in [3.8, 4) is 11.8 Å². The summed E-state index contributed by atoms with van der Waals surface area (Å²) in [5.74, 6) is 0.859. The largest absolute Gasteiger partial charge is 0.493 e. The molecule has 2 aromatic carbocycles. The molecule has 0 aromatic heterocycles. The van der Waals surface area contributed by atoms with Crippen LogP contribution in [-0.2, 0) is 6.42 Å². The second-order valence-electron chi connectivity index (χ2n) is 4.32. The molecule has 0 atom stereocenters. The predicted molar refractivity (Wildman–Crippen MR) is 76.5 cm³/mol. The molecule has 0 aliphatic rings. The number of rotatable bonds is 4. The Hall–Kier alpha value is -1.98. The summed E-state index contributed by atoms with van der Waals surface area (Å²) in [6.07, 6.45) is 0.813. The Kier molecular flexibility index (Phi) is 4.43. The minimum Gasteiger partial charge on any atom is -0.493 e. The Morgan fingerprint density at radius 2 is 1.89 bits per heavy atom. The fourth-order valence-corrected chi connectivity index (χ4v) is 2.03. The van der Waals surface area contributed by atoms with Gasteiger partial charge in [0.25, 0.3) is 0 Å². The van der Waals surface area contributed by atoms with Gasteiger partial charge in [0.2, 0.25) is 0 Å². The second kappa shape index (κ2) is 6.26. The molecule has 0 spiro atoms. The lowest BCUT2D eigenvalue weighted by molar-refractivity contribution is 0.320. The summed E-state index contributed by atoms with van der Waals surface area (Å²) < 4.78 is 5.73. The number of nitriles is 1. The Labute approximate surface area is 118 Å². The fraction of sp³-hybridized carbons (Fsp3) is 0.188. The Morgan fingerprint density at radius 3 is 2.53 bits per heavy atom. The maximum Gasteiger partial charge on any atom is 0.122 e. The molecule has 0 heterocycles. The van der Waals surface area contributed by atoms with Crippen LogP contribution in [0.3, 0.4) is 0 Å². The highest BCUT2D eigenvalue weighted by molar-refractivity contribution is 6.30. The van der Waals surface area contributed by atoms with Crippen LogP contribution >= 0.6 is 11.6 Å². The van der Waals surface area contributed by atoms with Gasteiger partial charge >= 0.3 is 0 Å². The normalized spacial score (nSPS) is 9.95. The Balaban J connectivity index is 1.91. The van der Waals surface area contributed by atoms with Crippen LogP contribution in [0.25, 0.3) is 0 Å². The minimum atomic E-state index is 0.606. The van der Waals surface area contributed by atoms with E-state index in [2.05, 4.69) is 6.07 Å². The summed E-state index contributed by atoms with van der Waals surface area (Å²) in [6, 6.07) is 15.3. The van der Waals surface area contributed by atoms with E-state index in [1.807, 2.05) is 49.4 Å². The van der Waals surface area contributed by atoms with E-state index >= 15 is 0 Å². The summed E-state index contributed by atoms with van der Waals surface area (Å²) in [5, 5.41) is 9.44. The van der Waals surface area contributed by atoms with Gasteiger partial charge in [-0.15, -0.1) is 0 Å². The number of ether oxygens (including phenoxy) is 1. The van der Waals surface area contributed by atoms with Crippen molar-refractivity contribution in [2.24, 2.45) is 0 Å². The highest BCUT2D eigenvalue weighted by Crippen LogP contribution is 2.21. The summed E-state index contributed by atoms with van der Waals surface area (Å²) >= 11 is 5.89. The molecule has 0 bridgehead atoms. The van der Waals surface area contributed by atoms with Gasteiger partial charge in [0, 0.05) is 11.4 Å². The smallest absolute Gasteiger partial charge is 0.122 e. The lowest BCUT2D eigenvalue weighted by Gasteiger charge is -2.09. The minimum absolute atomic E-state index is 0.606. The Bertz CT molecular complexity index is 599. The van der Waals surface area contributed by atoms with Crippen LogP contribution in [0.2, 0.25) is 5.02 Å². The maximum absolute atomic E-state index is 8.72. The average Bonchev–Trinajstić information content (AvgIpc) is 2.42. The molecule has 0 aliphatic carbocycles. The standard InChI is InChI=1S/C16H14ClNO/c1-12-10-15(17)6-7-16(12)19-9-8-13-2-4-14(11-18)5-3-13/h2-7,10H,8-9H2,1H3. The van der Waals surface area contributed by atoms with E-state index < -0.39 is 0 Å². The summed E-state index contributed by atoms with van der Waals surface area (Å²) in [5.41, 5.74) is 2.87. The van der Waals surface area contributed by atoms with Crippen molar-refractivity contribution >= 4 is 11.6 Å². The van der Waals surface area contributed by atoms with Crippen molar-refractivity contribution in [1.82, 2.24) is 0 Å². The van der Waals surface area contributed by atoms with E-state index in [-0.39, 0.29) is 0 Å². The molecule has 0 aliphatic heterocycles. The highest BCUT2D eigenvalue weighted by Gasteiger charge is 2.01. The van der Waals surface area contributed by atoms with Gasteiger partial charge in [-0.25, -0.2) is 0 Å². The molecule has 0 amide bonds. The third-order valence-electron chi connectivity index (χ3n) is 2.87. The van der Waals surface area contributed by atoms with Crippen LogP contribution in [0.1, 0.15) is 16.7 Å². The Morgan fingerprint density at radius 1 is 1.16 bits per heavy atom. The number of hydrogen-bond acceptors (Lipinski definition) is 2. The van der Waals surface area contributed by atoms with Crippen molar-refractivity contribution in [3.05, 3.63) is 64.2 Å². The molecule has 2 rings (SSSR count). The van der Waals surface area contributed by atoms with Crippen LogP contribution in [0, 0.1) is 18.3 Å². The molecule has 19 heavy (non-hydrogen) atoms. The molecular formula is C16H14ClNO. The van der Waals surface area contributed by atoms with Gasteiger partial charge in [-0.3, -0.25) is 0 Å². The number of aryl methyl sites for hydroxylation is 1. The summed E-state index contributed by atoms with van der Waals surface area (Å²) in [6.45, 7) is 2.58. The number of halogens is 1. The third kappa shape index (κ3) is 3.74. The van der Waals surface area contributed by atoms with Crippen molar-refractivity contribution < 1.29 is 4.74 Å². The number of nitrogens with zero attached hydrogens (tertiary/aromatic N) is 1. The molecule has 0 unspecified atom stereocenters. The summed E-state index contributed by atoms with van der Waals surface area (Å²) in [4.78, 5) is 0. The van der Waals surface area contributed by atoms with Gasteiger partial charge < -0.3 is 4.74 Å². The summed E-state index contributed by atoms with van der Waals surface area (Å²) in [7, 11) is 0. The van der Waals surface area contributed by atoms with Crippen molar-refractivity contribution in [1.29, 1.82) is 5.26 Å². The number of hydrogen-bond donors (Lipinski definition) is 0. The van der Waals surface area contributed by atoms with E-state index in [1.165, 1.54) is 0 Å². The van der Waals surface area contributed by atoms with Gasteiger partial charge in [-0.2, -0.15) is 5.26 Å². The quantitative estimate of drug-likeness (QED) is 0.837. The van der Waals surface area contributed by atoms with E-state index in [0.29, 0.717) is 12.2 Å². The molecule has 3 heteroatoms. The van der Waals surface area contributed by atoms with Crippen LogP contribution in [-0.4, -0.2) is 6.61 Å². The lowest BCUT2D eigenvalue weighted by Crippen LogP contribution is -2.02. The van der Waals surface area contributed by atoms with Gasteiger partial charge in [0.15, 0.2) is 0 Å². The van der Waals surface area contributed by atoms with Gasteiger partial charge in [0.05, 0.1) is 18.2 Å². The molecule has 0 saturated carbocycles. The van der Waals surface area contributed by atoms with E-state index in [1.54, 1.807) is 0 Å². The van der Waals surface area contributed by atoms with Crippen LogP contribution in [0.15, 0.2) is 42.5 Å². The van der Waals surface area contributed by atoms with Crippen LogP contribution in [0.4, 0.5) is 0 Å². The first kappa shape index (κ1) is 13.5. The monoisotopic (exact) mass is 271 g/mol. The zero-order valence-corrected chi connectivity index (χ0v) is 11.4. The first-order chi connectivity index (χ1) is 9.19. The molecule has 0 N–H and O–H groups in total. The molecular weight excluding hydrogens is 258 g/mol. The van der Waals surface area contributed by atoms with Crippen molar-refractivity contribution in [2.75, 3.05) is 6.61 Å². The molecule has 96 valence electrons. The number of benzene rings is 2. The SMILES string of the molecule is Cc1cc(Cl)ccc1OCCc1ccc(C#N)cc1. The van der Waals surface area contributed by atoms with Crippen molar-refractivity contribution in [3.63, 3.8) is 0 Å². The average molecular weight is 272 g/mol. The molecule has 2 nitrogen and oxygen atoms in total. The molecule has 2 aromatic rings. The zero-order chi connectivity index (χ0) is 13.7. The third-order valence-corrected chi connectivity index (χ3v) is 3.10. The van der Waals surface area contributed by atoms with Gasteiger partial charge in [-0.1, -0.05) is 23.7 Å². The zero-order valence-electron chi connectivity index (χ0n) is 10.7. The molecule has 0 radical (unpaired) electrons. The van der Waals surface area contributed by atoms with E-state index in [0.717, 1.165) is 28.3 Å². The molecule has 0 fully saturated rings. The van der Waals surface area contributed by atoms with E-state index in [4.69, 9.17) is 21.6 Å². The van der Waals surface area contributed by atoms with Crippen LogP contribution in [0.5, 0.6) is 5.75 Å². The highest BCUT2D eigenvalue weighted by atomic mass is 35.5. The van der Waals surface area contributed by atoms with Gasteiger partial charge in [0.1, 0.15) is 5.75 Å². The lowest BCUT2D eigenvalue weighted by atomic mass is 10.1. The van der Waals surface area contributed by atoms with Gasteiger partial charge in [-0.05, 0) is 48.4 Å². The second-order valence-corrected chi connectivity index (χ2v) is 4.75. The van der Waals surface area contributed by atoms with E-state index in [9.17, 15) is 0 Å². The maximum atomic E-state index is 8.72. The molecule has 0 saturated heterocycles.